The summed E-state index contributed by atoms with van der Waals surface area (Å²) in [5, 5.41) is 0.873. The lowest BCUT2D eigenvalue weighted by Crippen LogP contribution is -2.40. The molecule has 1 aliphatic heterocycles. The van der Waals surface area contributed by atoms with Crippen LogP contribution in [0.2, 0.25) is 0 Å². The number of amides is 1. The number of halogens is 2. The number of fused-ring (bicyclic) bond motifs is 1. The van der Waals surface area contributed by atoms with Crippen LogP contribution >= 0.6 is 31.9 Å². The molecule has 1 aliphatic carbocycles. The Bertz CT molecular complexity index is 579. The standard InChI is InChI=1S/C15H15Br2NO2/c16-8-15(6-1-2-7-15)9-18-12-10(13(19)14(18)20)4-3-5-11(12)17/h3-5H,1-2,6-9H2. The van der Waals surface area contributed by atoms with Crippen molar-refractivity contribution >= 4 is 49.2 Å². The van der Waals surface area contributed by atoms with Gasteiger partial charge >= 0.3 is 0 Å². The van der Waals surface area contributed by atoms with Gasteiger partial charge in [-0.2, -0.15) is 0 Å². The predicted molar refractivity (Wildman–Crippen MR) is 85.5 cm³/mol. The van der Waals surface area contributed by atoms with Gasteiger partial charge in [0, 0.05) is 16.3 Å². The van der Waals surface area contributed by atoms with Gasteiger partial charge in [-0.3, -0.25) is 9.59 Å². The summed E-state index contributed by atoms with van der Waals surface area (Å²) in [6, 6.07) is 5.41. The second-order valence-corrected chi connectivity index (χ2v) is 7.11. The van der Waals surface area contributed by atoms with Crippen LogP contribution in [0.15, 0.2) is 22.7 Å². The van der Waals surface area contributed by atoms with Crippen molar-refractivity contribution in [2.24, 2.45) is 5.41 Å². The maximum Gasteiger partial charge on any atom is 0.299 e. The first-order chi connectivity index (χ1) is 9.58. The molecule has 1 aromatic carbocycles. The van der Waals surface area contributed by atoms with Gasteiger partial charge in [0.25, 0.3) is 11.7 Å². The second kappa shape index (κ2) is 5.26. The minimum Gasteiger partial charge on any atom is -0.303 e. The first-order valence-electron chi connectivity index (χ1n) is 6.79. The molecular formula is C15H15Br2NO2. The minimum atomic E-state index is -0.390. The number of Topliss-reactive ketones (excluding diaryl/α,β-unsaturated/α-hetero) is 1. The molecule has 20 heavy (non-hydrogen) atoms. The Hall–Kier alpha value is -0.680. The molecule has 1 fully saturated rings. The van der Waals surface area contributed by atoms with Crippen molar-refractivity contribution in [2.75, 3.05) is 16.8 Å². The zero-order chi connectivity index (χ0) is 14.3. The van der Waals surface area contributed by atoms with E-state index < -0.39 is 0 Å². The number of para-hydroxylation sites is 1. The molecule has 0 spiro atoms. The van der Waals surface area contributed by atoms with Crippen molar-refractivity contribution in [3.05, 3.63) is 28.2 Å². The highest BCUT2D eigenvalue weighted by atomic mass is 79.9. The molecule has 0 saturated heterocycles. The van der Waals surface area contributed by atoms with E-state index in [9.17, 15) is 9.59 Å². The molecule has 0 aromatic heterocycles. The van der Waals surface area contributed by atoms with Crippen molar-refractivity contribution < 1.29 is 9.59 Å². The molecule has 0 N–H and O–H groups in total. The van der Waals surface area contributed by atoms with Gasteiger partial charge in [-0.15, -0.1) is 0 Å². The summed E-state index contributed by atoms with van der Waals surface area (Å²) < 4.78 is 0.817. The van der Waals surface area contributed by atoms with Gasteiger partial charge in [0.2, 0.25) is 0 Å². The molecule has 1 amide bonds. The Kier molecular flexibility index (Phi) is 3.75. The van der Waals surface area contributed by atoms with E-state index in [1.54, 1.807) is 17.0 Å². The quantitative estimate of drug-likeness (QED) is 0.569. The topological polar surface area (TPSA) is 37.4 Å². The Morgan fingerprint density at radius 3 is 2.55 bits per heavy atom. The van der Waals surface area contributed by atoms with Crippen molar-refractivity contribution in [1.29, 1.82) is 0 Å². The fourth-order valence-corrected chi connectivity index (χ4v) is 4.58. The highest BCUT2D eigenvalue weighted by Gasteiger charge is 2.43. The van der Waals surface area contributed by atoms with E-state index in [-0.39, 0.29) is 17.1 Å². The van der Waals surface area contributed by atoms with Gasteiger partial charge in [0.1, 0.15) is 0 Å². The van der Waals surface area contributed by atoms with E-state index >= 15 is 0 Å². The lowest BCUT2D eigenvalue weighted by atomic mass is 9.88. The van der Waals surface area contributed by atoms with Crippen LogP contribution in [0.25, 0.3) is 0 Å². The zero-order valence-corrected chi connectivity index (χ0v) is 14.2. The van der Waals surface area contributed by atoms with Gasteiger partial charge in [0.05, 0.1) is 11.3 Å². The number of hydrogen-bond donors (Lipinski definition) is 0. The van der Waals surface area contributed by atoms with Crippen molar-refractivity contribution in [1.82, 2.24) is 0 Å². The summed E-state index contributed by atoms with van der Waals surface area (Å²) >= 11 is 7.07. The summed E-state index contributed by atoms with van der Waals surface area (Å²) in [7, 11) is 0. The molecule has 106 valence electrons. The SMILES string of the molecule is O=C1C(=O)N(CC2(CBr)CCCC2)c2c(Br)cccc21. The molecule has 1 aromatic rings. The molecule has 2 aliphatic rings. The van der Waals surface area contributed by atoms with Crippen LogP contribution < -0.4 is 4.90 Å². The van der Waals surface area contributed by atoms with E-state index in [0.717, 1.165) is 28.3 Å². The molecule has 0 bridgehead atoms. The van der Waals surface area contributed by atoms with Gasteiger partial charge in [0.15, 0.2) is 0 Å². The molecule has 0 unspecified atom stereocenters. The number of carbonyl (C=O) groups excluding carboxylic acids is 2. The summed E-state index contributed by atoms with van der Waals surface area (Å²) in [5.41, 5.74) is 1.37. The van der Waals surface area contributed by atoms with Gasteiger partial charge in [-0.25, -0.2) is 0 Å². The zero-order valence-electron chi connectivity index (χ0n) is 11.0. The fourth-order valence-electron chi connectivity index (χ4n) is 3.26. The molecule has 3 rings (SSSR count). The van der Waals surface area contributed by atoms with Gasteiger partial charge < -0.3 is 4.90 Å². The predicted octanol–water partition coefficient (Wildman–Crippen LogP) is 3.93. The summed E-state index contributed by atoms with van der Waals surface area (Å²) in [6.45, 7) is 0.623. The Morgan fingerprint density at radius 2 is 1.90 bits per heavy atom. The molecular weight excluding hydrogens is 386 g/mol. The Morgan fingerprint density at radius 1 is 1.20 bits per heavy atom. The van der Waals surface area contributed by atoms with E-state index in [0.29, 0.717) is 12.1 Å². The molecule has 1 heterocycles. The molecule has 5 heteroatoms. The third kappa shape index (κ3) is 2.15. The van der Waals surface area contributed by atoms with Crippen molar-refractivity contribution in [3.63, 3.8) is 0 Å². The molecule has 3 nitrogen and oxygen atoms in total. The highest BCUT2D eigenvalue weighted by molar-refractivity contribution is 9.10. The number of hydrogen-bond acceptors (Lipinski definition) is 2. The van der Waals surface area contributed by atoms with E-state index in [1.165, 1.54) is 12.8 Å². The Balaban J connectivity index is 1.99. The fraction of sp³-hybridized carbons (Fsp3) is 0.467. The smallest absolute Gasteiger partial charge is 0.299 e. The average Bonchev–Trinajstić information content (AvgIpc) is 3.00. The van der Waals surface area contributed by atoms with Crippen LogP contribution in [-0.4, -0.2) is 23.6 Å². The summed E-state index contributed by atoms with van der Waals surface area (Å²) in [6.07, 6.45) is 4.61. The van der Waals surface area contributed by atoms with Gasteiger partial charge in [-0.05, 0) is 46.3 Å². The normalized spacial score (nSPS) is 20.6. The number of anilines is 1. The minimum absolute atomic E-state index is 0.104. The first kappa shape index (κ1) is 14.3. The van der Waals surface area contributed by atoms with Crippen LogP contribution in [-0.2, 0) is 4.79 Å². The monoisotopic (exact) mass is 399 g/mol. The lowest BCUT2D eigenvalue weighted by molar-refractivity contribution is -0.114. The second-order valence-electron chi connectivity index (χ2n) is 5.70. The highest BCUT2D eigenvalue weighted by Crippen LogP contribution is 2.44. The maximum atomic E-state index is 12.3. The first-order valence-corrected chi connectivity index (χ1v) is 8.70. The number of benzene rings is 1. The van der Waals surface area contributed by atoms with Crippen LogP contribution in [0.4, 0.5) is 5.69 Å². The van der Waals surface area contributed by atoms with Crippen LogP contribution in [0, 0.1) is 5.41 Å². The average molecular weight is 401 g/mol. The number of alkyl halides is 1. The number of ketones is 1. The lowest BCUT2D eigenvalue weighted by Gasteiger charge is -2.32. The Labute approximate surface area is 135 Å². The summed E-state index contributed by atoms with van der Waals surface area (Å²) in [4.78, 5) is 26.1. The summed E-state index contributed by atoms with van der Waals surface area (Å²) in [5.74, 6) is -0.775. The van der Waals surface area contributed by atoms with Crippen LogP contribution in [0.1, 0.15) is 36.0 Å². The van der Waals surface area contributed by atoms with E-state index in [1.807, 2.05) is 6.07 Å². The number of carbonyl (C=O) groups is 2. The third-order valence-corrected chi connectivity index (χ3v) is 6.21. The van der Waals surface area contributed by atoms with Crippen molar-refractivity contribution in [3.8, 4) is 0 Å². The number of rotatable bonds is 3. The largest absolute Gasteiger partial charge is 0.303 e. The van der Waals surface area contributed by atoms with Crippen LogP contribution in [0.3, 0.4) is 0 Å². The van der Waals surface area contributed by atoms with E-state index in [4.69, 9.17) is 0 Å². The maximum absolute atomic E-state index is 12.3. The molecule has 1 saturated carbocycles. The third-order valence-electron chi connectivity index (χ3n) is 4.38. The van der Waals surface area contributed by atoms with E-state index in [2.05, 4.69) is 31.9 Å². The van der Waals surface area contributed by atoms with Crippen molar-refractivity contribution in [2.45, 2.75) is 25.7 Å². The van der Waals surface area contributed by atoms with Crippen LogP contribution in [0.5, 0.6) is 0 Å². The number of nitrogens with zero attached hydrogens (tertiary/aromatic N) is 1. The molecule has 0 radical (unpaired) electrons. The molecule has 0 atom stereocenters. The van der Waals surface area contributed by atoms with Gasteiger partial charge in [-0.1, -0.05) is 34.8 Å².